The molecule has 2 rings (SSSR count). The second-order valence-electron chi connectivity index (χ2n) is 6.90. The molecule has 0 bridgehead atoms. The molecule has 0 aromatic carbocycles. The summed E-state index contributed by atoms with van der Waals surface area (Å²) in [6, 6.07) is 0. The minimum absolute atomic E-state index is 0.310. The molecule has 2 fully saturated rings. The Balaban J connectivity index is 1.87. The van der Waals surface area contributed by atoms with E-state index in [1.807, 2.05) is 0 Å². The Labute approximate surface area is 118 Å². The van der Waals surface area contributed by atoms with Crippen LogP contribution in [0.5, 0.6) is 0 Å². The van der Waals surface area contributed by atoms with Gasteiger partial charge in [0.05, 0.1) is 0 Å². The van der Waals surface area contributed by atoms with Crippen molar-refractivity contribution >= 4 is 5.78 Å². The van der Waals surface area contributed by atoms with E-state index in [1.165, 1.54) is 19.5 Å². The average molecular weight is 266 g/mol. The molecule has 2 aliphatic rings. The van der Waals surface area contributed by atoms with Crippen LogP contribution in [0, 0.1) is 17.8 Å². The Kier molecular flexibility index (Phi) is 5.40. The van der Waals surface area contributed by atoms with E-state index < -0.39 is 0 Å². The number of rotatable bonds is 3. The standard InChI is InChI=1S/C16H30N2O/c1-13(2)14-5-6-16(19)15(11-14)12-18-8-4-7-17(3)9-10-18/h13-15H,4-12H2,1-3H3. The lowest BCUT2D eigenvalue weighted by molar-refractivity contribution is -0.126. The molecule has 0 N–H and O–H groups in total. The van der Waals surface area contributed by atoms with Crippen molar-refractivity contribution in [2.24, 2.45) is 17.8 Å². The molecule has 0 amide bonds. The summed E-state index contributed by atoms with van der Waals surface area (Å²) in [5.41, 5.74) is 0. The number of likely N-dealkylation sites (N-methyl/N-ethyl adjacent to an activating group) is 1. The molecule has 1 saturated heterocycles. The molecule has 0 aromatic rings. The predicted octanol–water partition coefficient (Wildman–Crippen LogP) is 2.27. The van der Waals surface area contributed by atoms with E-state index in [0.29, 0.717) is 11.7 Å². The van der Waals surface area contributed by atoms with Gasteiger partial charge in [-0.2, -0.15) is 0 Å². The van der Waals surface area contributed by atoms with Crippen molar-refractivity contribution < 1.29 is 4.79 Å². The van der Waals surface area contributed by atoms with Gasteiger partial charge in [-0.25, -0.2) is 0 Å². The summed E-state index contributed by atoms with van der Waals surface area (Å²) in [5.74, 6) is 2.32. The molecule has 1 aliphatic heterocycles. The van der Waals surface area contributed by atoms with Gasteiger partial charge < -0.3 is 9.80 Å². The van der Waals surface area contributed by atoms with Crippen LogP contribution in [-0.4, -0.2) is 55.4 Å². The van der Waals surface area contributed by atoms with E-state index in [2.05, 4.69) is 30.7 Å². The highest BCUT2D eigenvalue weighted by atomic mass is 16.1. The summed E-state index contributed by atoms with van der Waals surface area (Å²) in [6.45, 7) is 10.3. The summed E-state index contributed by atoms with van der Waals surface area (Å²) in [7, 11) is 2.20. The Hall–Kier alpha value is -0.410. The van der Waals surface area contributed by atoms with Crippen LogP contribution < -0.4 is 0 Å². The smallest absolute Gasteiger partial charge is 0.137 e. The van der Waals surface area contributed by atoms with Crippen molar-refractivity contribution in [2.75, 3.05) is 39.8 Å². The zero-order chi connectivity index (χ0) is 13.8. The maximum atomic E-state index is 12.1. The molecule has 1 saturated carbocycles. The van der Waals surface area contributed by atoms with Crippen LogP contribution >= 0.6 is 0 Å². The minimum atomic E-state index is 0.310. The molecule has 0 aromatic heterocycles. The summed E-state index contributed by atoms with van der Waals surface area (Å²) in [6.07, 6.45) is 4.31. The van der Waals surface area contributed by atoms with Gasteiger partial charge in [-0.3, -0.25) is 4.79 Å². The van der Waals surface area contributed by atoms with Gasteiger partial charge in [0.2, 0.25) is 0 Å². The highest BCUT2D eigenvalue weighted by Gasteiger charge is 2.31. The lowest BCUT2D eigenvalue weighted by Gasteiger charge is -2.33. The molecule has 0 spiro atoms. The van der Waals surface area contributed by atoms with Crippen LogP contribution in [0.15, 0.2) is 0 Å². The lowest BCUT2D eigenvalue weighted by Crippen LogP contribution is -2.39. The van der Waals surface area contributed by atoms with E-state index in [1.54, 1.807) is 0 Å². The number of nitrogens with zero attached hydrogens (tertiary/aromatic N) is 2. The molecule has 2 unspecified atom stereocenters. The number of carbonyl (C=O) groups is 1. The molecule has 3 heteroatoms. The molecule has 110 valence electrons. The normalized spacial score (nSPS) is 31.7. The van der Waals surface area contributed by atoms with Crippen LogP contribution in [0.1, 0.15) is 39.5 Å². The van der Waals surface area contributed by atoms with E-state index in [0.717, 1.165) is 50.7 Å². The average Bonchev–Trinajstić information content (AvgIpc) is 2.57. The first kappa shape index (κ1) is 15.0. The predicted molar refractivity (Wildman–Crippen MR) is 79.2 cm³/mol. The highest BCUT2D eigenvalue weighted by Crippen LogP contribution is 2.32. The van der Waals surface area contributed by atoms with E-state index in [4.69, 9.17) is 0 Å². The van der Waals surface area contributed by atoms with Gasteiger partial charge in [-0.05, 0) is 51.2 Å². The third kappa shape index (κ3) is 4.28. The van der Waals surface area contributed by atoms with Gasteiger partial charge in [-0.1, -0.05) is 13.8 Å². The third-order valence-corrected chi connectivity index (χ3v) is 5.04. The topological polar surface area (TPSA) is 23.6 Å². The molecule has 0 radical (unpaired) electrons. The van der Waals surface area contributed by atoms with Crippen LogP contribution in [0.3, 0.4) is 0 Å². The summed E-state index contributed by atoms with van der Waals surface area (Å²) >= 11 is 0. The second kappa shape index (κ2) is 6.85. The SMILES string of the molecule is CC(C)C1CCC(=O)C(CN2CCCN(C)CC2)C1. The zero-order valence-electron chi connectivity index (χ0n) is 12.9. The first-order valence-electron chi connectivity index (χ1n) is 8.00. The van der Waals surface area contributed by atoms with E-state index in [-0.39, 0.29) is 0 Å². The monoisotopic (exact) mass is 266 g/mol. The van der Waals surface area contributed by atoms with Gasteiger partial charge in [0, 0.05) is 32.0 Å². The van der Waals surface area contributed by atoms with Crippen LogP contribution in [0.2, 0.25) is 0 Å². The quantitative estimate of drug-likeness (QED) is 0.783. The highest BCUT2D eigenvalue weighted by molar-refractivity contribution is 5.82. The fourth-order valence-electron chi connectivity index (χ4n) is 3.52. The van der Waals surface area contributed by atoms with Crippen molar-refractivity contribution in [3.8, 4) is 0 Å². The van der Waals surface area contributed by atoms with E-state index in [9.17, 15) is 4.79 Å². The largest absolute Gasteiger partial charge is 0.305 e. The maximum absolute atomic E-state index is 12.1. The van der Waals surface area contributed by atoms with Gasteiger partial charge in [0.25, 0.3) is 0 Å². The number of carbonyl (C=O) groups excluding carboxylic acids is 1. The Morgan fingerprint density at radius 2 is 2.00 bits per heavy atom. The van der Waals surface area contributed by atoms with Crippen LogP contribution in [0.4, 0.5) is 0 Å². The fraction of sp³-hybridized carbons (Fsp3) is 0.938. The molecular formula is C16H30N2O. The van der Waals surface area contributed by atoms with Gasteiger partial charge in [0.15, 0.2) is 0 Å². The molecule has 1 aliphatic carbocycles. The van der Waals surface area contributed by atoms with Crippen molar-refractivity contribution in [2.45, 2.75) is 39.5 Å². The van der Waals surface area contributed by atoms with Crippen molar-refractivity contribution in [3.05, 3.63) is 0 Å². The van der Waals surface area contributed by atoms with Gasteiger partial charge in [0.1, 0.15) is 5.78 Å². The number of hydrogen-bond donors (Lipinski definition) is 0. The first-order valence-corrected chi connectivity index (χ1v) is 8.00. The fourth-order valence-corrected chi connectivity index (χ4v) is 3.52. The lowest BCUT2D eigenvalue weighted by atomic mass is 9.75. The summed E-state index contributed by atoms with van der Waals surface area (Å²) < 4.78 is 0. The number of hydrogen-bond acceptors (Lipinski definition) is 3. The molecule has 1 heterocycles. The number of ketones is 1. The maximum Gasteiger partial charge on any atom is 0.137 e. The minimum Gasteiger partial charge on any atom is -0.305 e. The molecule has 3 nitrogen and oxygen atoms in total. The number of Topliss-reactive ketones (excluding diaryl/α,β-unsaturated/α-hetero) is 1. The second-order valence-corrected chi connectivity index (χ2v) is 6.90. The Bertz CT molecular complexity index is 303. The van der Waals surface area contributed by atoms with E-state index >= 15 is 0 Å². The zero-order valence-corrected chi connectivity index (χ0v) is 12.9. The van der Waals surface area contributed by atoms with Crippen LogP contribution in [-0.2, 0) is 4.79 Å². The Morgan fingerprint density at radius 1 is 1.21 bits per heavy atom. The third-order valence-electron chi connectivity index (χ3n) is 5.04. The first-order chi connectivity index (χ1) is 9.06. The van der Waals surface area contributed by atoms with Crippen molar-refractivity contribution in [3.63, 3.8) is 0 Å². The van der Waals surface area contributed by atoms with Crippen molar-refractivity contribution in [1.29, 1.82) is 0 Å². The molecular weight excluding hydrogens is 236 g/mol. The van der Waals surface area contributed by atoms with Gasteiger partial charge >= 0.3 is 0 Å². The van der Waals surface area contributed by atoms with Crippen molar-refractivity contribution in [1.82, 2.24) is 9.80 Å². The molecule has 2 atom stereocenters. The molecule has 19 heavy (non-hydrogen) atoms. The summed E-state index contributed by atoms with van der Waals surface area (Å²) in [5, 5.41) is 0. The van der Waals surface area contributed by atoms with Gasteiger partial charge in [-0.15, -0.1) is 0 Å². The summed E-state index contributed by atoms with van der Waals surface area (Å²) in [4.78, 5) is 17.1. The van der Waals surface area contributed by atoms with Crippen LogP contribution in [0.25, 0.3) is 0 Å². The Morgan fingerprint density at radius 3 is 2.74 bits per heavy atom.